The number of piperidine rings is 1. The average Bonchev–Trinajstić information content (AvgIpc) is 3.01. The number of hydrogen-bond donors (Lipinski definition) is 0. The first-order valence-corrected chi connectivity index (χ1v) is 10.7. The Balaban J connectivity index is 1.54. The van der Waals surface area contributed by atoms with E-state index in [1.165, 1.54) is 23.0 Å². The van der Waals surface area contributed by atoms with Crippen molar-refractivity contribution in [1.82, 2.24) is 24.2 Å². The first-order valence-electron chi connectivity index (χ1n) is 8.90. The van der Waals surface area contributed by atoms with Crippen molar-refractivity contribution in [3.8, 4) is 11.4 Å². The van der Waals surface area contributed by atoms with Crippen LogP contribution >= 0.6 is 0 Å². The first-order chi connectivity index (χ1) is 12.9. The Morgan fingerprint density at radius 1 is 1.11 bits per heavy atom. The molecule has 0 spiro atoms. The molecule has 3 aliphatic rings. The highest BCUT2D eigenvalue weighted by Crippen LogP contribution is 2.30. The molecule has 8 nitrogen and oxygen atoms in total. The van der Waals surface area contributed by atoms with E-state index in [2.05, 4.69) is 15.0 Å². The summed E-state index contributed by atoms with van der Waals surface area (Å²) in [7, 11) is -3.26. The Kier molecular flexibility index (Phi) is 4.65. The number of amides is 1. The van der Waals surface area contributed by atoms with Crippen LogP contribution < -0.4 is 0 Å². The summed E-state index contributed by atoms with van der Waals surface area (Å²) in [5.41, 5.74) is 1.20. The van der Waals surface area contributed by atoms with E-state index in [4.69, 9.17) is 0 Å². The smallest absolute Gasteiger partial charge is 0.257 e. The monoisotopic (exact) mass is 387 g/mol. The molecular formula is C18H21N5O3S. The van der Waals surface area contributed by atoms with Gasteiger partial charge in [0.2, 0.25) is 10.0 Å². The van der Waals surface area contributed by atoms with Gasteiger partial charge in [-0.1, -0.05) is 0 Å². The molecule has 0 aliphatic carbocycles. The van der Waals surface area contributed by atoms with Gasteiger partial charge in [0, 0.05) is 56.0 Å². The van der Waals surface area contributed by atoms with Gasteiger partial charge in [-0.25, -0.2) is 18.4 Å². The van der Waals surface area contributed by atoms with Crippen LogP contribution in [0.25, 0.3) is 11.4 Å². The molecule has 1 amide bonds. The lowest BCUT2D eigenvalue weighted by atomic mass is 9.94. The van der Waals surface area contributed by atoms with Crippen LogP contribution in [0.15, 0.2) is 36.9 Å². The highest BCUT2D eigenvalue weighted by atomic mass is 32.2. The van der Waals surface area contributed by atoms with Crippen molar-refractivity contribution in [3.63, 3.8) is 0 Å². The summed E-state index contributed by atoms with van der Waals surface area (Å²) >= 11 is 0. The molecule has 2 aromatic heterocycles. The SMILES string of the molecule is CS(=O)(=O)N1C[C@H]2CC[C@@H](C1)N(C(=O)c1cnc(-c3cccnc3)nc1)C2. The molecule has 27 heavy (non-hydrogen) atoms. The number of hydrogen-bond acceptors (Lipinski definition) is 6. The van der Waals surface area contributed by atoms with Gasteiger partial charge in [-0.2, -0.15) is 4.31 Å². The number of nitrogens with zero attached hydrogens (tertiary/aromatic N) is 5. The summed E-state index contributed by atoms with van der Waals surface area (Å²) in [5, 5.41) is 0. The van der Waals surface area contributed by atoms with E-state index < -0.39 is 10.0 Å². The maximum absolute atomic E-state index is 13.0. The van der Waals surface area contributed by atoms with Crippen LogP contribution in [-0.4, -0.2) is 70.4 Å². The largest absolute Gasteiger partial charge is 0.334 e. The molecule has 2 bridgehead atoms. The van der Waals surface area contributed by atoms with E-state index in [1.807, 2.05) is 6.07 Å². The van der Waals surface area contributed by atoms with Gasteiger partial charge in [0.05, 0.1) is 11.8 Å². The first kappa shape index (κ1) is 18.0. The van der Waals surface area contributed by atoms with Crippen LogP contribution in [0.2, 0.25) is 0 Å². The van der Waals surface area contributed by atoms with Gasteiger partial charge in [-0.3, -0.25) is 9.78 Å². The van der Waals surface area contributed by atoms with Gasteiger partial charge >= 0.3 is 0 Å². The lowest BCUT2D eigenvalue weighted by Crippen LogP contribution is -2.47. The van der Waals surface area contributed by atoms with E-state index in [0.29, 0.717) is 31.0 Å². The number of sulfonamides is 1. The van der Waals surface area contributed by atoms with Crippen molar-refractivity contribution in [1.29, 1.82) is 0 Å². The van der Waals surface area contributed by atoms with Crippen molar-refractivity contribution in [2.45, 2.75) is 18.9 Å². The lowest BCUT2D eigenvalue weighted by Gasteiger charge is -2.36. The van der Waals surface area contributed by atoms with Gasteiger partial charge in [-0.05, 0) is 30.9 Å². The fourth-order valence-corrected chi connectivity index (χ4v) is 4.73. The van der Waals surface area contributed by atoms with Gasteiger partial charge in [0.1, 0.15) is 0 Å². The minimum absolute atomic E-state index is 0.107. The second-order valence-corrected chi connectivity index (χ2v) is 9.15. The normalized spacial score (nSPS) is 23.2. The van der Waals surface area contributed by atoms with Crippen LogP contribution in [0.4, 0.5) is 0 Å². The number of aromatic nitrogens is 3. The molecule has 9 heteroatoms. The molecule has 0 unspecified atom stereocenters. The van der Waals surface area contributed by atoms with Gasteiger partial charge < -0.3 is 4.90 Å². The van der Waals surface area contributed by atoms with Crippen LogP contribution in [-0.2, 0) is 10.0 Å². The quantitative estimate of drug-likeness (QED) is 0.781. The molecule has 0 radical (unpaired) electrons. The van der Waals surface area contributed by atoms with E-state index in [1.54, 1.807) is 23.4 Å². The Hall–Kier alpha value is -2.39. The van der Waals surface area contributed by atoms with E-state index in [0.717, 1.165) is 18.4 Å². The van der Waals surface area contributed by atoms with Gasteiger partial charge in [-0.15, -0.1) is 0 Å². The second kappa shape index (κ2) is 6.97. The fraction of sp³-hybridized carbons (Fsp3) is 0.444. The predicted molar refractivity (Wildman–Crippen MR) is 99.2 cm³/mol. The topological polar surface area (TPSA) is 96.4 Å². The summed E-state index contributed by atoms with van der Waals surface area (Å²) in [5.74, 6) is 0.538. The number of carbonyl (C=O) groups excluding carboxylic acids is 1. The zero-order chi connectivity index (χ0) is 19.0. The van der Waals surface area contributed by atoms with Crippen molar-refractivity contribution in [2.75, 3.05) is 25.9 Å². The third-order valence-corrected chi connectivity index (χ3v) is 6.46. The lowest BCUT2D eigenvalue weighted by molar-refractivity contribution is 0.0588. The van der Waals surface area contributed by atoms with E-state index in [9.17, 15) is 13.2 Å². The molecule has 3 saturated heterocycles. The molecule has 2 aromatic rings. The number of pyridine rings is 1. The number of fused-ring (bicyclic) bond motifs is 4. The zero-order valence-electron chi connectivity index (χ0n) is 15.0. The summed E-state index contributed by atoms with van der Waals surface area (Å²) in [6.07, 6.45) is 9.40. The van der Waals surface area contributed by atoms with E-state index in [-0.39, 0.29) is 17.9 Å². The number of carbonyl (C=O) groups is 1. The Bertz CT molecular complexity index is 933. The maximum atomic E-state index is 13.0. The minimum atomic E-state index is -3.26. The molecule has 0 saturated carbocycles. The molecule has 2 atom stereocenters. The summed E-state index contributed by atoms with van der Waals surface area (Å²) < 4.78 is 25.5. The van der Waals surface area contributed by atoms with E-state index >= 15 is 0 Å². The molecular weight excluding hydrogens is 366 g/mol. The predicted octanol–water partition coefficient (Wildman–Crippen LogP) is 1.03. The van der Waals surface area contributed by atoms with Crippen molar-refractivity contribution in [2.24, 2.45) is 5.92 Å². The summed E-state index contributed by atoms with van der Waals surface area (Å²) in [6, 6.07) is 3.56. The molecule has 3 fully saturated rings. The minimum Gasteiger partial charge on any atom is -0.334 e. The van der Waals surface area contributed by atoms with Crippen LogP contribution in [0.5, 0.6) is 0 Å². The molecule has 3 aliphatic heterocycles. The van der Waals surface area contributed by atoms with Gasteiger partial charge in [0.25, 0.3) is 5.91 Å². The second-order valence-electron chi connectivity index (χ2n) is 7.17. The Morgan fingerprint density at radius 2 is 1.89 bits per heavy atom. The average molecular weight is 387 g/mol. The summed E-state index contributed by atoms with van der Waals surface area (Å²) in [6.45, 7) is 1.41. The molecule has 0 aromatic carbocycles. The zero-order valence-corrected chi connectivity index (χ0v) is 15.8. The maximum Gasteiger partial charge on any atom is 0.257 e. The van der Waals surface area contributed by atoms with Crippen molar-refractivity contribution >= 4 is 15.9 Å². The highest BCUT2D eigenvalue weighted by molar-refractivity contribution is 7.88. The highest BCUT2D eigenvalue weighted by Gasteiger charge is 2.40. The van der Waals surface area contributed by atoms with Crippen LogP contribution in [0, 0.1) is 5.92 Å². The third-order valence-electron chi connectivity index (χ3n) is 5.23. The van der Waals surface area contributed by atoms with Crippen LogP contribution in [0.1, 0.15) is 23.2 Å². The molecule has 5 rings (SSSR count). The Labute approximate surface area is 158 Å². The Morgan fingerprint density at radius 3 is 2.56 bits per heavy atom. The standard InChI is InChI=1S/C18H21N5O3S/c1-27(25,26)22-10-13-4-5-16(12-22)23(11-13)18(24)15-8-20-17(21-9-15)14-3-2-6-19-7-14/h2-3,6-9,13,16H,4-5,10-12H2,1H3/t13-,16+/m1/s1. The van der Waals surface area contributed by atoms with Crippen molar-refractivity contribution in [3.05, 3.63) is 42.5 Å². The number of rotatable bonds is 3. The molecule has 142 valence electrons. The van der Waals surface area contributed by atoms with Crippen LogP contribution in [0.3, 0.4) is 0 Å². The van der Waals surface area contributed by atoms with Crippen molar-refractivity contribution < 1.29 is 13.2 Å². The molecule has 5 heterocycles. The summed E-state index contributed by atoms with van der Waals surface area (Å²) in [4.78, 5) is 27.5. The third kappa shape index (κ3) is 3.70. The van der Waals surface area contributed by atoms with Gasteiger partial charge in [0.15, 0.2) is 5.82 Å². The fourth-order valence-electron chi connectivity index (χ4n) is 3.81. The molecule has 0 N–H and O–H groups in total.